The van der Waals surface area contributed by atoms with E-state index in [9.17, 15) is 4.79 Å². The molecular formula is C9H17NOS. The van der Waals surface area contributed by atoms with Gasteiger partial charge in [-0.3, -0.25) is 9.69 Å². The fourth-order valence-corrected chi connectivity index (χ4v) is 3.69. The third-order valence-corrected chi connectivity index (χ3v) is 4.00. The van der Waals surface area contributed by atoms with Gasteiger partial charge in [-0.05, 0) is 34.7 Å². The lowest BCUT2D eigenvalue weighted by molar-refractivity contribution is -0.122. The Morgan fingerprint density at radius 1 is 1.50 bits per heavy atom. The summed E-state index contributed by atoms with van der Waals surface area (Å²) in [5.41, 5.74) is 0. The molecule has 2 nitrogen and oxygen atoms in total. The molecule has 3 heteroatoms. The molecule has 0 aromatic carbocycles. The number of hydrogen-bond acceptors (Lipinski definition) is 3. The molecule has 0 spiro atoms. The van der Waals surface area contributed by atoms with E-state index in [1.54, 1.807) is 6.92 Å². The predicted molar refractivity (Wildman–Crippen MR) is 53.4 cm³/mol. The Kier molecular flexibility index (Phi) is 2.55. The molecule has 0 N–H and O–H groups in total. The van der Waals surface area contributed by atoms with E-state index in [-0.39, 0.29) is 16.6 Å². The van der Waals surface area contributed by atoms with Crippen LogP contribution in [0.3, 0.4) is 0 Å². The van der Waals surface area contributed by atoms with Crippen molar-refractivity contribution in [3.8, 4) is 0 Å². The van der Waals surface area contributed by atoms with E-state index >= 15 is 0 Å². The van der Waals surface area contributed by atoms with Crippen molar-refractivity contribution in [2.24, 2.45) is 0 Å². The minimum atomic E-state index is 0.0694. The van der Waals surface area contributed by atoms with E-state index in [0.29, 0.717) is 5.37 Å². The lowest BCUT2D eigenvalue weighted by Gasteiger charge is -2.26. The quantitative estimate of drug-likeness (QED) is 0.624. The fourth-order valence-electron chi connectivity index (χ4n) is 2.06. The summed E-state index contributed by atoms with van der Waals surface area (Å²) in [6.45, 7) is 8.12. The molecule has 12 heavy (non-hydrogen) atoms. The predicted octanol–water partition coefficient (Wildman–Crippen LogP) is 1.75. The number of thioether (sulfide) groups is 1. The van der Waals surface area contributed by atoms with Gasteiger partial charge in [0.15, 0.2) is 0 Å². The van der Waals surface area contributed by atoms with Crippen molar-refractivity contribution in [2.45, 2.75) is 43.9 Å². The minimum absolute atomic E-state index is 0.0694. The van der Waals surface area contributed by atoms with Gasteiger partial charge in [0.1, 0.15) is 5.78 Å². The highest BCUT2D eigenvalue weighted by Gasteiger charge is 2.45. The summed E-state index contributed by atoms with van der Waals surface area (Å²) in [4.78, 5) is 13.5. The zero-order chi connectivity index (χ0) is 9.52. The minimum Gasteiger partial charge on any atom is -0.298 e. The zero-order valence-corrected chi connectivity index (χ0v) is 9.23. The number of ketones is 1. The highest BCUT2D eigenvalue weighted by Crippen LogP contribution is 2.43. The van der Waals surface area contributed by atoms with Crippen molar-refractivity contribution in [1.29, 1.82) is 0 Å². The normalized spacial score (nSPS) is 35.4. The van der Waals surface area contributed by atoms with Crippen LogP contribution in [0.15, 0.2) is 0 Å². The number of carbonyl (C=O) groups excluding carboxylic acids is 1. The molecule has 0 aliphatic carbocycles. The number of Topliss-reactive ketones (excluding diaryl/α,β-unsaturated/α-hetero) is 1. The highest BCUT2D eigenvalue weighted by atomic mass is 32.2. The molecule has 0 amide bonds. The Balaban J connectivity index is 2.89. The van der Waals surface area contributed by atoms with Crippen LogP contribution in [-0.4, -0.2) is 33.9 Å². The SMILES string of the molecule is CC(=O)C1N(C)C(C)SC1(C)C. The first-order valence-electron chi connectivity index (χ1n) is 4.26. The topological polar surface area (TPSA) is 20.3 Å². The second-order valence-corrected chi connectivity index (χ2v) is 5.97. The van der Waals surface area contributed by atoms with Crippen LogP contribution in [-0.2, 0) is 4.79 Å². The highest BCUT2D eigenvalue weighted by molar-refractivity contribution is 8.01. The molecule has 0 aromatic rings. The van der Waals surface area contributed by atoms with Crippen LogP contribution < -0.4 is 0 Å². The zero-order valence-electron chi connectivity index (χ0n) is 8.42. The van der Waals surface area contributed by atoms with Gasteiger partial charge >= 0.3 is 0 Å². The van der Waals surface area contributed by atoms with Crippen LogP contribution in [0.2, 0.25) is 0 Å². The molecule has 1 aliphatic heterocycles. The molecule has 1 rings (SSSR count). The molecule has 2 atom stereocenters. The second-order valence-electron chi connectivity index (χ2n) is 4.00. The van der Waals surface area contributed by atoms with E-state index in [1.807, 2.05) is 18.8 Å². The van der Waals surface area contributed by atoms with Gasteiger partial charge in [0.2, 0.25) is 0 Å². The third kappa shape index (κ3) is 1.52. The van der Waals surface area contributed by atoms with Gasteiger partial charge in [-0.15, -0.1) is 11.8 Å². The van der Waals surface area contributed by atoms with E-state index in [4.69, 9.17) is 0 Å². The molecule has 2 unspecified atom stereocenters. The van der Waals surface area contributed by atoms with Crippen molar-refractivity contribution in [1.82, 2.24) is 4.90 Å². The average molecular weight is 187 g/mol. The van der Waals surface area contributed by atoms with E-state index in [0.717, 1.165) is 0 Å². The van der Waals surface area contributed by atoms with Crippen LogP contribution >= 0.6 is 11.8 Å². The van der Waals surface area contributed by atoms with Gasteiger partial charge in [0.25, 0.3) is 0 Å². The molecule has 70 valence electrons. The van der Waals surface area contributed by atoms with E-state index in [2.05, 4.69) is 25.7 Å². The summed E-state index contributed by atoms with van der Waals surface area (Å²) in [5.74, 6) is 0.277. The third-order valence-electron chi connectivity index (χ3n) is 2.50. The number of rotatable bonds is 1. The van der Waals surface area contributed by atoms with E-state index in [1.165, 1.54) is 0 Å². The fraction of sp³-hybridized carbons (Fsp3) is 0.889. The maximum Gasteiger partial charge on any atom is 0.148 e. The monoisotopic (exact) mass is 187 g/mol. The maximum absolute atomic E-state index is 11.4. The summed E-state index contributed by atoms with van der Waals surface area (Å²) < 4.78 is 0.0694. The first-order valence-corrected chi connectivity index (χ1v) is 5.14. The molecule has 1 aliphatic rings. The van der Waals surface area contributed by atoms with Crippen LogP contribution in [0.4, 0.5) is 0 Å². The number of likely N-dealkylation sites (N-methyl/N-ethyl adjacent to an activating group) is 1. The van der Waals surface area contributed by atoms with Crippen LogP contribution in [0.5, 0.6) is 0 Å². The van der Waals surface area contributed by atoms with Gasteiger partial charge < -0.3 is 0 Å². The number of carbonyl (C=O) groups is 1. The second kappa shape index (κ2) is 3.04. The van der Waals surface area contributed by atoms with Crippen molar-refractivity contribution < 1.29 is 4.79 Å². The lowest BCUT2D eigenvalue weighted by atomic mass is 9.99. The largest absolute Gasteiger partial charge is 0.298 e. The molecule has 0 radical (unpaired) electrons. The molecule has 0 saturated carbocycles. The first kappa shape index (κ1) is 10.1. The molecule has 1 heterocycles. The number of hydrogen-bond donors (Lipinski definition) is 0. The average Bonchev–Trinajstić information content (AvgIpc) is 2.01. The molecule has 1 fully saturated rings. The Labute approximate surface area is 78.7 Å². The van der Waals surface area contributed by atoms with Crippen LogP contribution in [0.25, 0.3) is 0 Å². The first-order chi connectivity index (χ1) is 5.36. The van der Waals surface area contributed by atoms with Gasteiger partial charge in [0.05, 0.1) is 11.4 Å². The molecule has 1 saturated heterocycles. The molecular weight excluding hydrogens is 170 g/mol. The van der Waals surface area contributed by atoms with Crippen molar-refractivity contribution >= 4 is 17.5 Å². The van der Waals surface area contributed by atoms with Crippen molar-refractivity contribution in [3.05, 3.63) is 0 Å². The summed E-state index contributed by atoms with van der Waals surface area (Å²) in [6.07, 6.45) is 0. The summed E-state index contributed by atoms with van der Waals surface area (Å²) in [5, 5.41) is 0.453. The standard InChI is InChI=1S/C9H17NOS/c1-6(11)8-9(3,4)12-7(2)10(8)5/h7-8H,1-5H3. The summed E-state index contributed by atoms with van der Waals surface area (Å²) >= 11 is 1.87. The summed E-state index contributed by atoms with van der Waals surface area (Å²) in [7, 11) is 2.03. The van der Waals surface area contributed by atoms with Crippen molar-refractivity contribution in [3.63, 3.8) is 0 Å². The van der Waals surface area contributed by atoms with Gasteiger partial charge in [-0.25, -0.2) is 0 Å². The summed E-state index contributed by atoms with van der Waals surface area (Å²) in [6, 6.07) is 0.0810. The van der Waals surface area contributed by atoms with E-state index < -0.39 is 0 Å². The van der Waals surface area contributed by atoms with Gasteiger partial charge in [0, 0.05) is 4.75 Å². The van der Waals surface area contributed by atoms with Gasteiger partial charge in [-0.2, -0.15) is 0 Å². The Morgan fingerprint density at radius 2 is 2.00 bits per heavy atom. The van der Waals surface area contributed by atoms with Crippen LogP contribution in [0.1, 0.15) is 27.7 Å². The van der Waals surface area contributed by atoms with Crippen LogP contribution in [0, 0.1) is 0 Å². The Bertz CT molecular complexity index is 203. The van der Waals surface area contributed by atoms with Crippen molar-refractivity contribution in [2.75, 3.05) is 7.05 Å². The smallest absolute Gasteiger partial charge is 0.148 e. The number of nitrogens with zero attached hydrogens (tertiary/aromatic N) is 1. The lowest BCUT2D eigenvalue weighted by Crippen LogP contribution is -2.44. The van der Waals surface area contributed by atoms with Gasteiger partial charge in [-0.1, -0.05) is 0 Å². The molecule has 0 aromatic heterocycles. The maximum atomic E-state index is 11.4. The Hall–Kier alpha value is -0.0200. The Morgan fingerprint density at radius 3 is 2.17 bits per heavy atom. The molecule has 0 bridgehead atoms.